The summed E-state index contributed by atoms with van der Waals surface area (Å²) in [7, 11) is 0. The molecule has 0 rings (SSSR count). The number of carbonyl (C=O) groups excluding carboxylic acids is 1. The van der Waals surface area contributed by atoms with Gasteiger partial charge in [-0.25, -0.2) is 0 Å². The molecule has 70 valence electrons. The summed E-state index contributed by atoms with van der Waals surface area (Å²) in [5, 5.41) is 0. The predicted molar refractivity (Wildman–Crippen MR) is 49.9 cm³/mol. The maximum atomic E-state index is 10.5. The molecule has 0 bridgehead atoms. The minimum Gasteiger partial charge on any atom is -0.461 e. The number of carbonyl (C=O) groups is 1. The Morgan fingerprint density at radius 3 is 2.50 bits per heavy atom. The number of hydrogen-bond acceptors (Lipinski definition) is 2. The van der Waals surface area contributed by atoms with Crippen LogP contribution in [0, 0.1) is 0 Å². The van der Waals surface area contributed by atoms with Gasteiger partial charge in [0.1, 0.15) is 6.61 Å². The van der Waals surface area contributed by atoms with Crippen LogP contribution >= 0.6 is 0 Å². The maximum Gasteiger partial charge on any atom is 0.302 e. The summed E-state index contributed by atoms with van der Waals surface area (Å²) in [5.74, 6) is -0.203. The quantitative estimate of drug-likeness (QED) is 0.468. The van der Waals surface area contributed by atoms with Crippen LogP contribution in [0.3, 0.4) is 0 Å². The van der Waals surface area contributed by atoms with Crippen LogP contribution in [-0.4, -0.2) is 12.6 Å². The molecule has 0 amide bonds. The third kappa shape index (κ3) is 5.96. The van der Waals surface area contributed by atoms with Crippen LogP contribution in [0.15, 0.2) is 11.6 Å². The van der Waals surface area contributed by atoms with Gasteiger partial charge in [0.05, 0.1) is 0 Å². The third-order valence-electron chi connectivity index (χ3n) is 1.64. The van der Waals surface area contributed by atoms with Crippen molar-refractivity contribution in [3.8, 4) is 0 Å². The first kappa shape index (κ1) is 11.2. The molecule has 0 atom stereocenters. The second kappa shape index (κ2) is 6.89. The zero-order chi connectivity index (χ0) is 9.40. The average Bonchev–Trinajstić information content (AvgIpc) is 2.05. The van der Waals surface area contributed by atoms with Gasteiger partial charge in [-0.1, -0.05) is 26.3 Å². The van der Waals surface area contributed by atoms with Crippen molar-refractivity contribution in [3.63, 3.8) is 0 Å². The highest BCUT2D eigenvalue weighted by atomic mass is 16.5. The van der Waals surface area contributed by atoms with E-state index in [9.17, 15) is 4.79 Å². The zero-order valence-electron chi connectivity index (χ0n) is 8.22. The molecular weight excluding hydrogens is 152 g/mol. The van der Waals surface area contributed by atoms with Crippen LogP contribution in [0.25, 0.3) is 0 Å². The van der Waals surface area contributed by atoms with Crippen molar-refractivity contribution in [1.29, 1.82) is 0 Å². The summed E-state index contributed by atoms with van der Waals surface area (Å²) in [6, 6.07) is 0. The number of esters is 1. The Morgan fingerprint density at radius 2 is 2.08 bits per heavy atom. The van der Waals surface area contributed by atoms with Gasteiger partial charge in [-0.3, -0.25) is 4.79 Å². The molecule has 0 aliphatic heterocycles. The van der Waals surface area contributed by atoms with Gasteiger partial charge < -0.3 is 4.74 Å². The molecular formula is C10H18O2. The number of hydrogen-bond donors (Lipinski definition) is 0. The molecule has 0 aliphatic carbocycles. The molecule has 2 nitrogen and oxygen atoms in total. The zero-order valence-corrected chi connectivity index (χ0v) is 8.22. The molecule has 0 N–H and O–H groups in total. The lowest BCUT2D eigenvalue weighted by Gasteiger charge is -2.04. The Balaban J connectivity index is 3.74. The summed E-state index contributed by atoms with van der Waals surface area (Å²) < 4.78 is 4.88. The summed E-state index contributed by atoms with van der Waals surface area (Å²) in [5.41, 5.74) is 1.21. The molecule has 0 saturated heterocycles. The molecule has 2 heteroatoms. The predicted octanol–water partition coefficient (Wildman–Crippen LogP) is 2.69. The highest BCUT2D eigenvalue weighted by Crippen LogP contribution is 2.04. The fraction of sp³-hybridized carbons (Fsp3) is 0.700. The second-order valence-corrected chi connectivity index (χ2v) is 2.78. The number of unbranched alkanes of at least 4 members (excludes halogenated alkanes) is 1. The first-order chi connectivity index (χ1) is 5.70. The first-order valence-electron chi connectivity index (χ1n) is 4.52. The second-order valence-electron chi connectivity index (χ2n) is 2.78. The van der Waals surface area contributed by atoms with E-state index in [2.05, 4.69) is 19.9 Å². The largest absolute Gasteiger partial charge is 0.461 e. The van der Waals surface area contributed by atoms with Crippen LogP contribution in [0.5, 0.6) is 0 Å². The van der Waals surface area contributed by atoms with Crippen LogP contribution in [0.1, 0.15) is 40.0 Å². The summed E-state index contributed by atoms with van der Waals surface area (Å²) in [6.45, 7) is 6.11. The van der Waals surface area contributed by atoms with Crippen molar-refractivity contribution in [3.05, 3.63) is 11.6 Å². The number of ether oxygens (including phenoxy) is 1. The minimum absolute atomic E-state index is 0.203. The van der Waals surface area contributed by atoms with E-state index in [1.165, 1.54) is 12.5 Å². The smallest absolute Gasteiger partial charge is 0.302 e. The van der Waals surface area contributed by atoms with Gasteiger partial charge in [0.25, 0.3) is 0 Å². The molecule has 0 unspecified atom stereocenters. The lowest BCUT2D eigenvalue weighted by Crippen LogP contribution is -2.02. The van der Waals surface area contributed by atoms with Crippen LogP contribution in [0.4, 0.5) is 0 Å². The first-order valence-corrected chi connectivity index (χ1v) is 4.52. The highest BCUT2D eigenvalue weighted by molar-refractivity contribution is 5.66. The molecule has 0 spiro atoms. The monoisotopic (exact) mass is 170 g/mol. The standard InChI is InChI=1S/C10H18O2/c1-4-6-7-10(5-2)8-12-9(3)11/h7H,4-6,8H2,1-3H3/b10-7-. The van der Waals surface area contributed by atoms with Crippen molar-refractivity contribution in [1.82, 2.24) is 0 Å². The van der Waals surface area contributed by atoms with Crippen LogP contribution < -0.4 is 0 Å². The fourth-order valence-electron chi connectivity index (χ4n) is 0.848. The molecule has 0 aliphatic rings. The minimum atomic E-state index is -0.203. The Kier molecular flexibility index (Phi) is 6.44. The van der Waals surface area contributed by atoms with Crippen molar-refractivity contribution in [2.24, 2.45) is 0 Å². The van der Waals surface area contributed by atoms with Crippen LogP contribution in [-0.2, 0) is 9.53 Å². The molecule has 0 aromatic heterocycles. The van der Waals surface area contributed by atoms with Gasteiger partial charge in [-0.15, -0.1) is 0 Å². The molecule has 0 fully saturated rings. The topological polar surface area (TPSA) is 26.3 Å². The summed E-state index contributed by atoms with van der Waals surface area (Å²) in [6.07, 6.45) is 5.34. The number of allylic oxidation sites excluding steroid dienone is 1. The number of rotatable bonds is 5. The molecule has 0 heterocycles. The van der Waals surface area contributed by atoms with Crippen molar-refractivity contribution in [2.45, 2.75) is 40.0 Å². The lowest BCUT2D eigenvalue weighted by molar-refractivity contribution is -0.140. The van der Waals surface area contributed by atoms with E-state index in [1.54, 1.807) is 0 Å². The van der Waals surface area contributed by atoms with Gasteiger partial charge in [0.2, 0.25) is 0 Å². The lowest BCUT2D eigenvalue weighted by atomic mass is 10.1. The van der Waals surface area contributed by atoms with Gasteiger partial charge in [-0.05, 0) is 18.4 Å². The van der Waals surface area contributed by atoms with E-state index in [0.717, 1.165) is 19.3 Å². The van der Waals surface area contributed by atoms with Crippen molar-refractivity contribution >= 4 is 5.97 Å². The van der Waals surface area contributed by atoms with E-state index in [4.69, 9.17) is 4.74 Å². The summed E-state index contributed by atoms with van der Waals surface area (Å²) in [4.78, 5) is 10.5. The highest BCUT2D eigenvalue weighted by Gasteiger charge is 1.96. The van der Waals surface area contributed by atoms with E-state index < -0.39 is 0 Å². The van der Waals surface area contributed by atoms with E-state index >= 15 is 0 Å². The Hall–Kier alpha value is -0.790. The van der Waals surface area contributed by atoms with Crippen molar-refractivity contribution in [2.75, 3.05) is 6.61 Å². The van der Waals surface area contributed by atoms with E-state index in [-0.39, 0.29) is 5.97 Å². The SMILES string of the molecule is CCC/C=C(/CC)COC(C)=O. The normalized spacial score (nSPS) is 11.4. The van der Waals surface area contributed by atoms with Gasteiger partial charge in [-0.2, -0.15) is 0 Å². The Morgan fingerprint density at radius 1 is 1.42 bits per heavy atom. The van der Waals surface area contributed by atoms with Gasteiger partial charge in [0.15, 0.2) is 0 Å². The van der Waals surface area contributed by atoms with E-state index in [0.29, 0.717) is 6.61 Å². The van der Waals surface area contributed by atoms with Gasteiger partial charge >= 0.3 is 5.97 Å². The summed E-state index contributed by atoms with van der Waals surface area (Å²) >= 11 is 0. The van der Waals surface area contributed by atoms with E-state index in [1.807, 2.05) is 0 Å². The average molecular weight is 170 g/mol. The van der Waals surface area contributed by atoms with Crippen LogP contribution in [0.2, 0.25) is 0 Å². The molecule has 0 radical (unpaired) electrons. The molecule has 0 aromatic carbocycles. The molecule has 0 saturated carbocycles. The van der Waals surface area contributed by atoms with Crippen molar-refractivity contribution < 1.29 is 9.53 Å². The van der Waals surface area contributed by atoms with Gasteiger partial charge in [0, 0.05) is 6.92 Å². The third-order valence-corrected chi connectivity index (χ3v) is 1.64. The molecule has 12 heavy (non-hydrogen) atoms. The Bertz CT molecular complexity index is 159. The maximum absolute atomic E-state index is 10.5. The Labute approximate surface area is 74.6 Å². The fourth-order valence-corrected chi connectivity index (χ4v) is 0.848. The molecule has 0 aromatic rings.